The van der Waals surface area contributed by atoms with E-state index in [1.54, 1.807) is 0 Å². The molecule has 1 aromatic heterocycles. The molecule has 0 aliphatic heterocycles. The summed E-state index contributed by atoms with van der Waals surface area (Å²) in [5.41, 5.74) is 4.10. The second-order valence-corrected chi connectivity index (χ2v) is 7.02. The average molecular weight is 360 g/mol. The number of rotatable bonds is 4. The molecule has 3 heteroatoms. The third kappa shape index (κ3) is 2.91. The predicted octanol–water partition coefficient (Wildman–Crippen LogP) is 5.48. The van der Waals surface area contributed by atoms with Crippen LogP contribution in [0.15, 0.2) is 52.3 Å². The van der Waals surface area contributed by atoms with Gasteiger partial charge in [0.25, 0.3) is 0 Å². The van der Waals surface area contributed by atoms with Gasteiger partial charge in [-0.3, -0.25) is 0 Å². The third-order valence-electron chi connectivity index (χ3n) is 4.02. The highest BCUT2D eigenvalue weighted by Gasteiger charge is 2.15. The molecule has 3 rings (SSSR count). The molecule has 2 aromatic carbocycles. The van der Waals surface area contributed by atoms with E-state index in [1.165, 1.54) is 31.2 Å². The van der Waals surface area contributed by atoms with Gasteiger partial charge in [-0.05, 0) is 60.0 Å². The third-order valence-corrected chi connectivity index (χ3v) is 5.89. The fourth-order valence-electron chi connectivity index (χ4n) is 2.78. The first-order chi connectivity index (χ1) is 10.2. The summed E-state index contributed by atoms with van der Waals surface area (Å²) in [4.78, 5) is 0. The first-order valence-electron chi connectivity index (χ1n) is 7.08. The zero-order valence-corrected chi connectivity index (χ0v) is 14.6. The van der Waals surface area contributed by atoms with Crippen molar-refractivity contribution in [2.75, 3.05) is 7.05 Å². The number of nitrogens with one attached hydrogen (secondary N) is 1. The lowest BCUT2D eigenvalue weighted by molar-refractivity contribution is 0.591. The van der Waals surface area contributed by atoms with E-state index in [0.717, 1.165) is 6.42 Å². The van der Waals surface area contributed by atoms with E-state index >= 15 is 0 Å². The lowest BCUT2D eigenvalue weighted by Crippen LogP contribution is -2.19. The van der Waals surface area contributed by atoms with Crippen LogP contribution in [0, 0.1) is 6.92 Å². The number of thiophene rings is 1. The molecule has 0 saturated carbocycles. The molecular formula is C18H18BrNS. The summed E-state index contributed by atoms with van der Waals surface area (Å²) in [5.74, 6) is 0. The minimum absolute atomic E-state index is 0.334. The minimum atomic E-state index is 0.334. The molecule has 21 heavy (non-hydrogen) atoms. The molecule has 0 aliphatic carbocycles. The fraction of sp³-hybridized carbons (Fsp3) is 0.222. The molecule has 108 valence electrons. The standard InChI is InChI=1S/C18H18BrNS/c1-12-14(7-5-8-16(12)19)17(20-2)10-13-11-21-18-9-4-3-6-15(13)18/h3-9,11,17,20H,10H2,1-2H3. The molecule has 1 unspecified atom stereocenters. The second kappa shape index (κ2) is 6.30. The summed E-state index contributed by atoms with van der Waals surface area (Å²) in [6, 6.07) is 15.4. The lowest BCUT2D eigenvalue weighted by Gasteiger charge is -2.19. The van der Waals surface area contributed by atoms with Crippen molar-refractivity contribution in [3.8, 4) is 0 Å². The van der Waals surface area contributed by atoms with Crippen LogP contribution in [0.1, 0.15) is 22.7 Å². The fourth-order valence-corrected chi connectivity index (χ4v) is 4.14. The van der Waals surface area contributed by atoms with E-state index in [-0.39, 0.29) is 0 Å². The summed E-state index contributed by atoms with van der Waals surface area (Å²) in [5, 5.41) is 7.15. The number of likely N-dealkylation sites (N-methyl/N-ethyl adjacent to an activating group) is 1. The number of hydrogen-bond acceptors (Lipinski definition) is 2. The zero-order valence-electron chi connectivity index (χ0n) is 12.2. The maximum absolute atomic E-state index is 3.64. The molecule has 1 N–H and O–H groups in total. The van der Waals surface area contributed by atoms with Crippen LogP contribution in [-0.2, 0) is 6.42 Å². The maximum atomic E-state index is 3.64. The van der Waals surface area contributed by atoms with Gasteiger partial charge in [0.15, 0.2) is 0 Å². The molecule has 0 saturated heterocycles. The highest BCUT2D eigenvalue weighted by atomic mass is 79.9. The summed E-state index contributed by atoms with van der Waals surface area (Å²) in [6.07, 6.45) is 1.01. The van der Waals surface area contributed by atoms with Crippen molar-refractivity contribution in [3.05, 3.63) is 69.0 Å². The Morgan fingerprint density at radius 2 is 1.95 bits per heavy atom. The van der Waals surface area contributed by atoms with Gasteiger partial charge in [0, 0.05) is 15.2 Å². The van der Waals surface area contributed by atoms with Gasteiger partial charge in [-0.2, -0.15) is 0 Å². The Kier molecular flexibility index (Phi) is 4.43. The normalized spacial score (nSPS) is 12.7. The lowest BCUT2D eigenvalue weighted by atomic mass is 9.95. The van der Waals surface area contributed by atoms with Crippen molar-refractivity contribution >= 4 is 37.4 Å². The van der Waals surface area contributed by atoms with Crippen LogP contribution in [0.5, 0.6) is 0 Å². The summed E-state index contributed by atoms with van der Waals surface area (Å²) >= 11 is 5.47. The van der Waals surface area contributed by atoms with Gasteiger partial charge in [-0.25, -0.2) is 0 Å². The van der Waals surface area contributed by atoms with Crippen LogP contribution < -0.4 is 5.32 Å². The van der Waals surface area contributed by atoms with Crippen LogP contribution in [0.2, 0.25) is 0 Å². The van der Waals surface area contributed by atoms with Crippen LogP contribution in [0.3, 0.4) is 0 Å². The van der Waals surface area contributed by atoms with Crippen molar-refractivity contribution in [1.29, 1.82) is 0 Å². The molecule has 1 nitrogen and oxygen atoms in total. The van der Waals surface area contributed by atoms with E-state index in [2.05, 4.69) is 76.0 Å². The highest BCUT2D eigenvalue weighted by molar-refractivity contribution is 9.10. The molecule has 0 radical (unpaired) electrons. The molecule has 0 bridgehead atoms. The monoisotopic (exact) mass is 359 g/mol. The summed E-state index contributed by atoms with van der Waals surface area (Å²) in [7, 11) is 2.04. The second-order valence-electron chi connectivity index (χ2n) is 5.26. The molecule has 1 atom stereocenters. The van der Waals surface area contributed by atoms with Crippen molar-refractivity contribution in [2.45, 2.75) is 19.4 Å². The quantitative estimate of drug-likeness (QED) is 0.650. The maximum Gasteiger partial charge on any atom is 0.0361 e. The molecule has 1 heterocycles. The summed E-state index contributed by atoms with van der Waals surface area (Å²) < 4.78 is 2.55. The molecule has 0 spiro atoms. The van der Waals surface area contributed by atoms with Crippen LogP contribution in [0.4, 0.5) is 0 Å². The molecular weight excluding hydrogens is 342 g/mol. The van der Waals surface area contributed by atoms with Gasteiger partial charge in [0.2, 0.25) is 0 Å². The van der Waals surface area contributed by atoms with Crippen molar-refractivity contribution in [1.82, 2.24) is 5.32 Å². The van der Waals surface area contributed by atoms with Gasteiger partial charge in [-0.15, -0.1) is 11.3 Å². The van der Waals surface area contributed by atoms with Gasteiger partial charge < -0.3 is 5.32 Å². The van der Waals surface area contributed by atoms with E-state index < -0.39 is 0 Å². The van der Waals surface area contributed by atoms with Gasteiger partial charge in [-0.1, -0.05) is 46.3 Å². The number of halogens is 1. The Hall–Kier alpha value is -1.16. The predicted molar refractivity (Wildman–Crippen MR) is 96.2 cm³/mol. The Labute approximate surface area is 138 Å². The highest BCUT2D eigenvalue weighted by Crippen LogP contribution is 2.31. The van der Waals surface area contributed by atoms with Crippen molar-refractivity contribution in [3.63, 3.8) is 0 Å². The van der Waals surface area contributed by atoms with Crippen molar-refractivity contribution in [2.24, 2.45) is 0 Å². The van der Waals surface area contributed by atoms with Crippen LogP contribution >= 0.6 is 27.3 Å². The first kappa shape index (κ1) is 14.8. The van der Waals surface area contributed by atoms with E-state index in [9.17, 15) is 0 Å². The summed E-state index contributed by atoms with van der Waals surface area (Å²) in [6.45, 7) is 2.18. The zero-order chi connectivity index (χ0) is 14.8. The average Bonchev–Trinajstić information content (AvgIpc) is 2.91. The molecule has 0 fully saturated rings. The van der Waals surface area contributed by atoms with Gasteiger partial charge in [0.05, 0.1) is 0 Å². The van der Waals surface area contributed by atoms with E-state index in [0.29, 0.717) is 6.04 Å². The molecule has 0 amide bonds. The smallest absolute Gasteiger partial charge is 0.0361 e. The number of hydrogen-bond donors (Lipinski definition) is 1. The van der Waals surface area contributed by atoms with E-state index in [1.807, 2.05) is 18.4 Å². The first-order valence-corrected chi connectivity index (χ1v) is 8.75. The van der Waals surface area contributed by atoms with Gasteiger partial charge in [0.1, 0.15) is 0 Å². The van der Waals surface area contributed by atoms with Gasteiger partial charge >= 0.3 is 0 Å². The topological polar surface area (TPSA) is 12.0 Å². The van der Waals surface area contributed by atoms with Crippen LogP contribution in [0.25, 0.3) is 10.1 Å². The van der Waals surface area contributed by atoms with Crippen molar-refractivity contribution < 1.29 is 0 Å². The Morgan fingerprint density at radius 3 is 2.76 bits per heavy atom. The van der Waals surface area contributed by atoms with Crippen LogP contribution in [-0.4, -0.2) is 7.05 Å². The number of benzene rings is 2. The Balaban J connectivity index is 1.96. The Morgan fingerprint density at radius 1 is 1.14 bits per heavy atom. The SMILES string of the molecule is CNC(Cc1csc2ccccc12)c1cccc(Br)c1C. The minimum Gasteiger partial charge on any atom is -0.313 e. The number of fused-ring (bicyclic) bond motifs is 1. The molecule has 3 aromatic rings. The Bertz CT molecular complexity index is 763. The largest absolute Gasteiger partial charge is 0.313 e. The van der Waals surface area contributed by atoms with E-state index in [4.69, 9.17) is 0 Å². The molecule has 0 aliphatic rings.